The Labute approximate surface area is 208 Å². The molecule has 3 heterocycles. The van der Waals surface area contributed by atoms with Crippen LogP contribution in [0.1, 0.15) is 17.2 Å². The van der Waals surface area contributed by atoms with Gasteiger partial charge in [-0.3, -0.25) is 14.9 Å². The number of hydrogen-bond donors (Lipinski definition) is 2. The van der Waals surface area contributed by atoms with Crippen molar-refractivity contribution in [3.63, 3.8) is 0 Å². The summed E-state index contributed by atoms with van der Waals surface area (Å²) < 4.78 is 27.1. The van der Waals surface area contributed by atoms with Crippen LogP contribution in [0.2, 0.25) is 0 Å². The summed E-state index contributed by atoms with van der Waals surface area (Å²) in [6.07, 6.45) is 2.60. The van der Waals surface area contributed by atoms with Gasteiger partial charge in [0.1, 0.15) is 23.8 Å². The first kappa shape index (κ1) is 24.2. The molecule has 188 valence electrons. The number of H-pyrrole nitrogens is 1. The second kappa shape index (κ2) is 10.7. The maximum atomic E-state index is 13.6. The third kappa shape index (κ3) is 5.35. The maximum Gasteiger partial charge on any atom is 0.160 e. The van der Waals surface area contributed by atoms with E-state index in [0.29, 0.717) is 18.7 Å². The standard InChI is InChI=1S/C26H29F2N7O/c1-33(26-23-14-31-32-25(23)29-17-30-26)15-22(36)16-34-10-12-35(13-11-34)24(18-2-6-20(27)7-3-18)19-4-8-21(28)9-5-19/h2-9,14,17,22,24,36H,10-13,15-16H2,1H3,(H,29,30,31,32). The molecule has 1 aliphatic heterocycles. The molecule has 1 fully saturated rings. The molecule has 1 aliphatic rings. The van der Waals surface area contributed by atoms with Crippen LogP contribution < -0.4 is 4.90 Å². The van der Waals surface area contributed by atoms with E-state index in [-0.39, 0.29) is 17.7 Å². The second-order valence-electron chi connectivity index (χ2n) is 9.21. The molecule has 8 nitrogen and oxygen atoms in total. The van der Waals surface area contributed by atoms with Crippen molar-refractivity contribution in [2.75, 3.05) is 51.2 Å². The molecule has 0 spiro atoms. The van der Waals surface area contributed by atoms with Gasteiger partial charge in [-0.15, -0.1) is 0 Å². The van der Waals surface area contributed by atoms with Crippen LogP contribution in [0.4, 0.5) is 14.6 Å². The molecule has 5 rings (SSSR count). The highest BCUT2D eigenvalue weighted by Crippen LogP contribution is 2.30. The number of hydrogen-bond acceptors (Lipinski definition) is 7. The van der Waals surface area contributed by atoms with E-state index in [0.717, 1.165) is 48.5 Å². The lowest BCUT2D eigenvalue weighted by Gasteiger charge is -2.40. The Morgan fingerprint density at radius 1 is 0.944 bits per heavy atom. The number of aliphatic hydroxyl groups is 1. The monoisotopic (exact) mass is 493 g/mol. The van der Waals surface area contributed by atoms with Crippen molar-refractivity contribution in [2.45, 2.75) is 12.1 Å². The van der Waals surface area contributed by atoms with Gasteiger partial charge in [0.05, 0.1) is 23.7 Å². The molecule has 0 amide bonds. The smallest absolute Gasteiger partial charge is 0.160 e. The lowest BCUT2D eigenvalue weighted by Crippen LogP contribution is -2.50. The van der Waals surface area contributed by atoms with Gasteiger partial charge >= 0.3 is 0 Å². The third-order valence-electron chi connectivity index (χ3n) is 6.69. The molecule has 0 saturated carbocycles. The van der Waals surface area contributed by atoms with Gasteiger partial charge in [-0.25, -0.2) is 18.7 Å². The lowest BCUT2D eigenvalue weighted by molar-refractivity contribution is 0.0653. The molecule has 2 N–H and O–H groups in total. The van der Waals surface area contributed by atoms with Crippen molar-refractivity contribution in [3.05, 3.63) is 83.8 Å². The van der Waals surface area contributed by atoms with Crippen molar-refractivity contribution >= 4 is 16.9 Å². The zero-order chi connectivity index (χ0) is 25.1. The average molecular weight is 494 g/mol. The Bertz CT molecular complexity index is 1230. The number of β-amino-alcohol motifs (C(OH)–C–C–N with tert-alkyl or cyclic N) is 1. The number of nitrogens with zero attached hydrogens (tertiary/aromatic N) is 6. The van der Waals surface area contributed by atoms with Crippen molar-refractivity contribution in [1.82, 2.24) is 30.0 Å². The van der Waals surface area contributed by atoms with E-state index in [9.17, 15) is 13.9 Å². The molecule has 1 atom stereocenters. The highest BCUT2D eigenvalue weighted by Gasteiger charge is 2.27. The number of halogens is 2. The molecule has 10 heteroatoms. The number of aromatic nitrogens is 4. The largest absolute Gasteiger partial charge is 0.390 e. The van der Waals surface area contributed by atoms with Gasteiger partial charge in [0.15, 0.2) is 5.65 Å². The van der Waals surface area contributed by atoms with Crippen LogP contribution in [0.15, 0.2) is 61.1 Å². The van der Waals surface area contributed by atoms with E-state index >= 15 is 0 Å². The fourth-order valence-electron chi connectivity index (χ4n) is 4.92. The van der Waals surface area contributed by atoms with Crippen LogP contribution >= 0.6 is 0 Å². The summed E-state index contributed by atoms with van der Waals surface area (Å²) in [7, 11) is 1.89. The van der Waals surface area contributed by atoms with Crippen LogP contribution in [0, 0.1) is 11.6 Å². The van der Waals surface area contributed by atoms with E-state index in [1.165, 1.54) is 30.6 Å². The number of likely N-dealkylation sites (N-methyl/N-ethyl adjacent to an activating group) is 1. The normalized spacial score (nSPS) is 16.0. The van der Waals surface area contributed by atoms with Crippen LogP contribution in [0.25, 0.3) is 11.0 Å². The third-order valence-corrected chi connectivity index (χ3v) is 6.69. The first-order valence-electron chi connectivity index (χ1n) is 12.0. The van der Waals surface area contributed by atoms with Gasteiger partial charge in [-0.1, -0.05) is 24.3 Å². The number of aromatic amines is 1. The van der Waals surface area contributed by atoms with Crippen molar-refractivity contribution in [3.8, 4) is 0 Å². The Morgan fingerprint density at radius 3 is 2.17 bits per heavy atom. The number of anilines is 1. The second-order valence-corrected chi connectivity index (χ2v) is 9.21. The molecule has 2 aromatic heterocycles. The Hall–Kier alpha value is -3.47. The highest BCUT2D eigenvalue weighted by atomic mass is 19.1. The van der Waals surface area contributed by atoms with Gasteiger partial charge < -0.3 is 10.0 Å². The van der Waals surface area contributed by atoms with Gasteiger partial charge in [0, 0.05) is 46.3 Å². The van der Waals surface area contributed by atoms with Gasteiger partial charge in [-0.05, 0) is 35.4 Å². The van der Waals surface area contributed by atoms with Crippen molar-refractivity contribution in [1.29, 1.82) is 0 Å². The van der Waals surface area contributed by atoms with E-state index in [2.05, 4.69) is 30.0 Å². The Morgan fingerprint density at radius 2 is 1.56 bits per heavy atom. The predicted octanol–water partition coefficient (Wildman–Crippen LogP) is 2.84. The molecular formula is C26H29F2N7O. The molecule has 2 aromatic carbocycles. The minimum Gasteiger partial charge on any atom is -0.390 e. The molecule has 1 unspecified atom stereocenters. The number of nitrogens with one attached hydrogen (secondary N) is 1. The minimum atomic E-state index is -0.566. The molecule has 0 aliphatic carbocycles. The number of fused-ring (bicyclic) bond motifs is 1. The predicted molar refractivity (Wildman–Crippen MR) is 134 cm³/mol. The van der Waals surface area contributed by atoms with E-state index in [1.807, 2.05) is 11.9 Å². The first-order chi connectivity index (χ1) is 17.5. The molecule has 1 saturated heterocycles. The zero-order valence-electron chi connectivity index (χ0n) is 20.1. The average Bonchev–Trinajstić information content (AvgIpc) is 3.36. The molecule has 36 heavy (non-hydrogen) atoms. The van der Waals surface area contributed by atoms with Crippen LogP contribution in [-0.4, -0.2) is 87.5 Å². The SMILES string of the molecule is CN(CC(O)CN1CCN(C(c2ccc(F)cc2)c2ccc(F)cc2)CC1)c1ncnc2[nH]ncc12. The first-order valence-corrected chi connectivity index (χ1v) is 12.0. The lowest BCUT2D eigenvalue weighted by atomic mass is 9.96. The summed E-state index contributed by atoms with van der Waals surface area (Å²) in [5.41, 5.74) is 2.59. The number of piperazine rings is 1. The summed E-state index contributed by atoms with van der Waals surface area (Å²) in [6.45, 7) is 4.05. The molecule has 0 radical (unpaired) electrons. The number of rotatable bonds is 8. The van der Waals surface area contributed by atoms with Crippen LogP contribution in [0.5, 0.6) is 0 Å². The van der Waals surface area contributed by atoms with Crippen molar-refractivity contribution < 1.29 is 13.9 Å². The Balaban J connectivity index is 1.21. The summed E-state index contributed by atoms with van der Waals surface area (Å²) in [4.78, 5) is 15.0. The summed E-state index contributed by atoms with van der Waals surface area (Å²) >= 11 is 0. The van der Waals surface area contributed by atoms with Gasteiger partial charge in [-0.2, -0.15) is 5.10 Å². The highest BCUT2D eigenvalue weighted by molar-refractivity contribution is 5.85. The number of aliphatic hydroxyl groups excluding tert-OH is 1. The zero-order valence-corrected chi connectivity index (χ0v) is 20.1. The summed E-state index contributed by atoms with van der Waals surface area (Å²) in [6, 6.07) is 12.9. The van der Waals surface area contributed by atoms with Crippen molar-refractivity contribution in [2.24, 2.45) is 0 Å². The molecule has 4 aromatic rings. The van der Waals surface area contributed by atoms with E-state index in [1.54, 1.807) is 30.5 Å². The fraction of sp³-hybridized carbons (Fsp3) is 0.346. The molecule has 0 bridgehead atoms. The quantitative estimate of drug-likeness (QED) is 0.391. The van der Waals surface area contributed by atoms with Crippen LogP contribution in [0.3, 0.4) is 0 Å². The summed E-state index contributed by atoms with van der Waals surface area (Å²) in [5.74, 6) is 0.158. The summed E-state index contributed by atoms with van der Waals surface area (Å²) in [5, 5.41) is 18.5. The van der Waals surface area contributed by atoms with E-state index < -0.39 is 6.10 Å². The van der Waals surface area contributed by atoms with Crippen LogP contribution in [-0.2, 0) is 0 Å². The Kier molecular flexibility index (Phi) is 7.17. The maximum absolute atomic E-state index is 13.6. The number of benzene rings is 2. The van der Waals surface area contributed by atoms with Gasteiger partial charge in [0.2, 0.25) is 0 Å². The topological polar surface area (TPSA) is 84.4 Å². The van der Waals surface area contributed by atoms with E-state index in [4.69, 9.17) is 0 Å². The fourth-order valence-corrected chi connectivity index (χ4v) is 4.92. The van der Waals surface area contributed by atoms with Gasteiger partial charge in [0.25, 0.3) is 0 Å². The minimum absolute atomic E-state index is 0.0976. The molecular weight excluding hydrogens is 464 g/mol.